The Morgan fingerprint density at radius 3 is 2.70 bits per heavy atom. The zero-order chi connectivity index (χ0) is 19.2. The SMILES string of the molecule is COc1ccccc1Nc1cc(C(=O)Nc2cccc(C#N)c2)nc(C)n1. The summed E-state index contributed by atoms with van der Waals surface area (Å²) in [6.45, 7) is 1.71. The van der Waals surface area contributed by atoms with Crippen LogP contribution in [0.2, 0.25) is 0 Å². The van der Waals surface area contributed by atoms with Crippen LogP contribution in [0.4, 0.5) is 17.2 Å². The minimum atomic E-state index is -0.390. The van der Waals surface area contributed by atoms with Crippen molar-refractivity contribution in [3.05, 3.63) is 71.7 Å². The summed E-state index contributed by atoms with van der Waals surface area (Å²) in [5.41, 5.74) is 1.92. The Bertz CT molecular complexity index is 1030. The number of aryl methyl sites for hydroxylation is 1. The first-order valence-electron chi connectivity index (χ1n) is 8.16. The maximum absolute atomic E-state index is 12.6. The molecule has 7 nitrogen and oxygen atoms in total. The minimum absolute atomic E-state index is 0.210. The molecule has 3 rings (SSSR count). The largest absolute Gasteiger partial charge is 0.495 e. The van der Waals surface area contributed by atoms with E-state index in [1.807, 2.05) is 30.3 Å². The Labute approximate surface area is 156 Å². The zero-order valence-electron chi connectivity index (χ0n) is 14.9. The number of ether oxygens (including phenoxy) is 1. The van der Waals surface area contributed by atoms with Gasteiger partial charge in [-0.05, 0) is 37.3 Å². The summed E-state index contributed by atoms with van der Waals surface area (Å²) in [7, 11) is 1.58. The maximum Gasteiger partial charge on any atom is 0.274 e. The van der Waals surface area contributed by atoms with E-state index >= 15 is 0 Å². The molecule has 0 fully saturated rings. The third-order valence-corrected chi connectivity index (χ3v) is 3.69. The van der Waals surface area contributed by atoms with Crippen LogP contribution in [-0.2, 0) is 0 Å². The number of hydrogen-bond donors (Lipinski definition) is 2. The minimum Gasteiger partial charge on any atom is -0.495 e. The number of aromatic nitrogens is 2. The second-order valence-electron chi connectivity index (χ2n) is 5.66. The van der Waals surface area contributed by atoms with Gasteiger partial charge in [-0.3, -0.25) is 4.79 Å². The normalized spacial score (nSPS) is 9.96. The number of hydrogen-bond acceptors (Lipinski definition) is 6. The van der Waals surface area contributed by atoms with Crippen LogP contribution < -0.4 is 15.4 Å². The van der Waals surface area contributed by atoms with Crippen molar-refractivity contribution in [3.8, 4) is 11.8 Å². The highest BCUT2D eigenvalue weighted by molar-refractivity contribution is 6.03. The van der Waals surface area contributed by atoms with Gasteiger partial charge in [-0.25, -0.2) is 9.97 Å². The van der Waals surface area contributed by atoms with E-state index in [2.05, 4.69) is 20.6 Å². The van der Waals surface area contributed by atoms with E-state index in [1.165, 1.54) is 0 Å². The fraction of sp³-hybridized carbons (Fsp3) is 0.100. The van der Waals surface area contributed by atoms with Gasteiger partial charge in [0.2, 0.25) is 0 Å². The molecule has 0 spiro atoms. The van der Waals surface area contributed by atoms with Crippen molar-refractivity contribution in [3.63, 3.8) is 0 Å². The molecule has 0 radical (unpaired) electrons. The lowest BCUT2D eigenvalue weighted by Gasteiger charge is -2.12. The van der Waals surface area contributed by atoms with Crippen LogP contribution in [0.5, 0.6) is 5.75 Å². The Kier molecular flexibility index (Phi) is 5.28. The lowest BCUT2D eigenvalue weighted by molar-refractivity contribution is 0.102. The summed E-state index contributed by atoms with van der Waals surface area (Å²) in [6, 6.07) is 17.7. The molecule has 0 saturated heterocycles. The molecule has 1 amide bonds. The number of nitriles is 1. The van der Waals surface area contributed by atoms with E-state index < -0.39 is 5.91 Å². The highest BCUT2D eigenvalue weighted by atomic mass is 16.5. The fourth-order valence-corrected chi connectivity index (χ4v) is 2.50. The first kappa shape index (κ1) is 17.9. The fourth-order valence-electron chi connectivity index (χ4n) is 2.50. The molecule has 0 bridgehead atoms. The van der Waals surface area contributed by atoms with Gasteiger partial charge in [0, 0.05) is 11.8 Å². The molecule has 0 aliphatic carbocycles. The van der Waals surface area contributed by atoms with Gasteiger partial charge in [-0.2, -0.15) is 5.26 Å². The first-order valence-corrected chi connectivity index (χ1v) is 8.16. The molecular formula is C20H17N5O2. The number of benzene rings is 2. The zero-order valence-corrected chi connectivity index (χ0v) is 14.9. The molecule has 0 aliphatic heterocycles. The maximum atomic E-state index is 12.6. The highest BCUT2D eigenvalue weighted by Crippen LogP contribution is 2.26. The van der Waals surface area contributed by atoms with E-state index in [-0.39, 0.29) is 5.69 Å². The number of nitrogens with one attached hydrogen (secondary N) is 2. The molecule has 134 valence electrons. The predicted octanol–water partition coefficient (Wildman–Crippen LogP) is 3.66. The van der Waals surface area contributed by atoms with Crippen molar-refractivity contribution < 1.29 is 9.53 Å². The Morgan fingerprint density at radius 1 is 1.11 bits per heavy atom. The van der Waals surface area contributed by atoms with Gasteiger partial charge >= 0.3 is 0 Å². The quantitative estimate of drug-likeness (QED) is 0.721. The second kappa shape index (κ2) is 7.97. The Morgan fingerprint density at radius 2 is 1.93 bits per heavy atom. The molecule has 1 aromatic heterocycles. The van der Waals surface area contributed by atoms with Crippen LogP contribution in [-0.4, -0.2) is 23.0 Å². The van der Waals surface area contributed by atoms with Gasteiger partial charge in [0.25, 0.3) is 5.91 Å². The number of anilines is 3. The van der Waals surface area contributed by atoms with E-state index in [4.69, 9.17) is 10.00 Å². The summed E-state index contributed by atoms with van der Waals surface area (Å²) in [5, 5.41) is 14.9. The molecule has 3 aromatic rings. The van der Waals surface area contributed by atoms with Crippen LogP contribution in [0.1, 0.15) is 21.9 Å². The van der Waals surface area contributed by atoms with E-state index in [0.717, 1.165) is 5.69 Å². The van der Waals surface area contributed by atoms with Crippen LogP contribution in [0.25, 0.3) is 0 Å². The smallest absolute Gasteiger partial charge is 0.274 e. The molecule has 0 atom stereocenters. The van der Waals surface area contributed by atoms with E-state index in [9.17, 15) is 4.79 Å². The van der Waals surface area contributed by atoms with Gasteiger partial charge in [0.15, 0.2) is 0 Å². The van der Waals surface area contributed by atoms with E-state index in [1.54, 1.807) is 44.4 Å². The number of nitrogens with zero attached hydrogens (tertiary/aromatic N) is 3. The van der Waals surface area contributed by atoms with Gasteiger partial charge in [-0.1, -0.05) is 18.2 Å². The summed E-state index contributed by atoms with van der Waals surface area (Å²) >= 11 is 0. The average Bonchev–Trinajstić information content (AvgIpc) is 2.68. The lowest BCUT2D eigenvalue weighted by Crippen LogP contribution is -2.15. The van der Waals surface area contributed by atoms with Crippen molar-refractivity contribution >= 4 is 23.1 Å². The highest BCUT2D eigenvalue weighted by Gasteiger charge is 2.12. The number of methoxy groups -OCH3 is 1. The molecule has 7 heteroatoms. The lowest BCUT2D eigenvalue weighted by atomic mass is 10.2. The third kappa shape index (κ3) is 4.38. The van der Waals surface area contributed by atoms with Crippen molar-refractivity contribution in [2.45, 2.75) is 6.92 Å². The number of rotatable bonds is 5. The second-order valence-corrected chi connectivity index (χ2v) is 5.66. The number of amides is 1. The Hall–Kier alpha value is -3.92. The topological polar surface area (TPSA) is 99.9 Å². The van der Waals surface area contributed by atoms with Gasteiger partial charge < -0.3 is 15.4 Å². The van der Waals surface area contributed by atoms with Crippen LogP contribution in [0, 0.1) is 18.3 Å². The Balaban J connectivity index is 1.84. The number of para-hydroxylation sites is 2. The summed E-state index contributed by atoms with van der Waals surface area (Å²) in [6.07, 6.45) is 0. The van der Waals surface area contributed by atoms with Gasteiger partial charge in [-0.15, -0.1) is 0 Å². The number of carbonyl (C=O) groups excluding carboxylic acids is 1. The number of carbonyl (C=O) groups is 1. The van der Waals surface area contributed by atoms with Crippen molar-refractivity contribution in [2.24, 2.45) is 0 Å². The molecular weight excluding hydrogens is 342 g/mol. The van der Waals surface area contributed by atoms with Crippen molar-refractivity contribution in [1.82, 2.24) is 9.97 Å². The average molecular weight is 359 g/mol. The van der Waals surface area contributed by atoms with Crippen molar-refractivity contribution in [1.29, 1.82) is 5.26 Å². The van der Waals surface area contributed by atoms with Gasteiger partial charge in [0.05, 0.1) is 24.4 Å². The summed E-state index contributed by atoms with van der Waals surface area (Å²) in [5.74, 6) is 1.19. The third-order valence-electron chi connectivity index (χ3n) is 3.69. The molecule has 0 aliphatic rings. The van der Waals surface area contributed by atoms with Crippen LogP contribution >= 0.6 is 0 Å². The summed E-state index contributed by atoms with van der Waals surface area (Å²) in [4.78, 5) is 21.1. The molecule has 1 heterocycles. The van der Waals surface area contributed by atoms with E-state index in [0.29, 0.717) is 28.6 Å². The van der Waals surface area contributed by atoms with Crippen molar-refractivity contribution in [2.75, 3.05) is 17.7 Å². The molecule has 27 heavy (non-hydrogen) atoms. The standard InChI is InChI=1S/C20H17N5O2/c1-13-22-17(20(26)24-15-7-5-6-14(10-15)12-21)11-19(23-13)25-16-8-3-4-9-18(16)27-2/h3-11H,1-2H3,(H,24,26)(H,22,23,25). The first-order chi connectivity index (χ1) is 13.1. The van der Waals surface area contributed by atoms with Gasteiger partial charge in [0.1, 0.15) is 23.1 Å². The molecule has 2 aromatic carbocycles. The monoisotopic (exact) mass is 359 g/mol. The molecule has 0 saturated carbocycles. The molecule has 0 unspecified atom stereocenters. The van der Waals surface area contributed by atoms with Crippen LogP contribution in [0.15, 0.2) is 54.6 Å². The summed E-state index contributed by atoms with van der Waals surface area (Å²) < 4.78 is 5.31. The predicted molar refractivity (Wildman–Crippen MR) is 102 cm³/mol. The van der Waals surface area contributed by atoms with Crippen LogP contribution in [0.3, 0.4) is 0 Å². The molecule has 2 N–H and O–H groups in total.